The maximum Gasteiger partial charge on any atom is 0.319 e. The lowest BCUT2D eigenvalue weighted by Crippen LogP contribution is -2.28. The maximum atomic E-state index is 11.8. The van der Waals surface area contributed by atoms with E-state index in [9.17, 15) is 4.79 Å². The Kier molecular flexibility index (Phi) is 3.75. The van der Waals surface area contributed by atoms with E-state index in [4.69, 9.17) is 11.6 Å². The number of anilines is 1. The van der Waals surface area contributed by atoms with Crippen LogP contribution in [0.25, 0.3) is 5.52 Å². The van der Waals surface area contributed by atoms with Gasteiger partial charge in [0, 0.05) is 16.9 Å². The van der Waals surface area contributed by atoms with Crippen molar-refractivity contribution in [3.05, 3.63) is 65.4 Å². The quantitative estimate of drug-likeness (QED) is 0.779. The third kappa shape index (κ3) is 3.32. The van der Waals surface area contributed by atoms with Crippen molar-refractivity contribution in [3.8, 4) is 0 Å². The highest BCUT2D eigenvalue weighted by atomic mass is 35.5. The van der Waals surface area contributed by atoms with Gasteiger partial charge in [-0.1, -0.05) is 17.7 Å². The van der Waals surface area contributed by atoms with Crippen molar-refractivity contribution < 1.29 is 4.79 Å². The zero-order valence-electron chi connectivity index (χ0n) is 11.1. The smallest absolute Gasteiger partial charge is 0.319 e. The van der Waals surface area contributed by atoms with Gasteiger partial charge in [-0.2, -0.15) is 5.10 Å². The molecule has 0 aliphatic heterocycles. The number of nitrogens with one attached hydrogen (secondary N) is 2. The molecule has 0 aliphatic rings. The van der Waals surface area contributed by atoms with Gasteiger partial charge in [0.25, 0.3) is 0 Å². The van der Waals surface area contributed by atoms with Gasteiger partial charge in [0.15, 0.2) is 0 Å². The molecule has 0 radical (unpaired) electrons. The van der Waals surface area contributed by atoms with Crippen molar-refractivity contribution in [2.75, 3.05) is 5.32 Å². The zero-order chi connectivity index (χ0) is 14.7. The Morgan fingerprint density at radius 2 is 2.00 bits per heavy atom. The van der Waals surface area contributed by atoms with Gasteiger partial charge in [0.2, 0.25) is 0 Å². The Bertz CT molecular complexity index is 734. The molecule has 0 atom stereocenters. The number of halogens is 1. The van der Waals surface area contributed by atoms with E-state index in [0.29, 0.717) is 17.3 Å². The summed E-state index contributed by atoms with van der Waals surface area (Å²) in [6.07, 6.45) is 1.87. The summed E-state index contributed by atoms with van der Waals surface area (Å²) < 4.78 is 1.77. The van der Waals surface area contributed by atoms with Crippen molar-refractivity contribution in [3.63, 3.8) is 0 Å². The summed E-state index contributed by atoms with van der Waals surface area (Å²) in [5, 5.41) is 10.5. The summed E-state index contributed by atoms with van der Waals surface area (Å²) in [6.45, 7) is 0.362. The number of fused-ring (bicyclic) bond motifs is 1. The lowest BCUT2D eigenvalue weighted by atomic mass is 10.3. The van der Waals surface area contributed by atoms with Gasteiger partial charge in [-0.25, -0.2) is 9.31 Å². The lowest BCUT2D eigenvalue weighted by molar-refractivity contribution is 0.251. The van der Waals surface area contributed by atoms with Gasteiger partial charge in [-0.3, -0.25) is 0 Å². The van der Waals surface area contributed by atoms with Crippen LogP contribution in [-0.2, 0) is 6.54 Å². The summed E-state index contributed by atoms with van der Waals surface area (Å²) >= 11 is 5.79. The molecular weight excluding hydrogens is 288 g/mol. The van der Waals surface area contributed by atoms with Crippen molar-refractivity contribution in [1.82, 2.24) is 14.9 Å². The zero-order valence-corrected chi connectivity index (χ0v) is 11.8. The molecule has 2 heterocycles. The molecule has 0 fully saturated rings. The second-order valence-electron chi connectivity index (χ2n) is 4.52. The Morgan fingerprint density at radius 3 is 2.76 bits per heavy atom. The summed E-state index contributed by atoms with van der Waals surface area (Å²) in [7, 11) is 0. The first-order chi connectivity index (χ1) is 10.2. The summed E-state index contributed by atoms with van der Waals surface area (Å²) in [5.74, 6) is 0. The summed E-state index contributed by atoms with van der Waals surface area (Å²) in [6, 6.07) is 14.4. The van der Waals surface area contributed by atoms with Gasteiger partial charge < -0.3 is 10.6 Å². The molecule has 2 N–H and O–H groups in total. The highest BCUT2D eigenvalue weighted by molar-refractivity contribution is 6.30. The third-order valence-electron chi connectivity index (χ3n) is 2.95. The summed E-state index contributed by atoms with van der Waals surface area (Å²) in [4.78, 5) is 11.8. The predicted octanol–water partition coefficient (Wildman–Crippen LogP) is 3.31. The molecular formula is C15H13ClN4O. The third-order valence-corrected chi connectivity index (χ3v) is 3.20. The number of rotatable bonds is 3. The van der Waals surface area contributed by atoms with E-state index >= 15 is 0 Å². The SMILES string of the molecule is O=C(NCc1cc2ccccn2n1)Nc1ccc(Cl)cc1. The van der Waals surface area contributed by atoms with E-state index in [2.05, 4.69) is 15.7 Å². The molecule has 0 spiro atoms. The number of benzene rings is 1. The van der Waals surface area contributed by atoms with Crippen LogP contribution in [0, 0.1) is 0 Å². The normalized spacial score (nSPS) is 10.5. The highest BCUT2D eigenvalue weighted by Gasteiger charge is 2.04. The molecule has 1 aromatic carbocycles. The van der Waals surface area contributed by atoms with Crippen LogP contribution < -0.4 is 10.6 Å². The van der Waals surface area contributed by atoms with E-state index < -0.39 is 0 Å². The van der Waals surface area contributed by atoms with Crippen LogP contribution in [0.15, 0.2) is 54.7 Å². The molecule has 0 saturated heterocycles. The molecule has 2 aromatic heterocycles. The molecule has 3 aromatic rings. The number of pyridine rings is 1. The van der Waals surface area contributed by atoms with Crippen LogP contribution in [-0.4, -0.2) is 15.6 Å². The number of urea groups is 1. The standard InChI is InChI=1S/C15H13ClN4O/c16-11-4-6-12(7-5-11)18-15(21)17-10-13-9-14-3-1-2-8-20(14)19-13/h1-9H,10H2,(H2,17,18,21). The lowest BCUT2D eigenvalue weighted by Gasteiger charge is -2.06. The first-order valence-corrected chi connectivity index (χ1v) is 6.82. The Labute approximate surface area is 126 Å². The Hall–Kier alpha value is -2.53. The van der Waals surface area contributed by atoms with Crippen molar-refractivity contribution in [2.45, 2.75) is 6.54 Å². The van der Waals surface area contributed by atoms with Gasteiger partial charge in [0.05, 0.1) is 17.8 Å². The monoisotopic (exact) mass is 300 g/mol. The van der Waals surface area contributed by atoms with Gasteiger partial charge >= 0.3 is 6.03 Å². The molecule has 0 saturated carbocycles. The minimum absolute atomic E-state index is 0.283. The van der Waals surface area contributed by atoms with Gasteiger partial charge in [0.1, 0.15) is 0 Å². The number of hydrogen-bond acceptors (Lipinski definition) is 2. The minimum atomic E-state index is -0.283. The van der Waals surface area contributed by atoms with E-state index in [1.54, 1.807) is 28.8 Å². The van der Waals surface area contributed by atoms with E-state index in [1.165, 1.54) is 0 Å². The largest absolute Gasteiger partial charge is 0.332 e. The topological polar surface area (TPSA) is 58.4 Å². The minimum Gasteiger partial charge on any atom is -0.332 e. The van der Waals surface area contributed by atoms with Crippen LogP contribution in [0.3, 0.4) is 0 Å². The fourth-order valence-corrected chi connectivity index (χ4v) is 2.08. The van der Waals surface area contributed by atoms with Crippen LogP contribution in [0.1, 0.15) is 5.69 Å². The first kappa shape index (κ1) is 13.5. The van der Waals surface area contributed by atoms with Crippen LogP contribution in [0.5, 0.6) is 0 Å². The number of nitrogens with zero attached hydrogens (tertiary/aromatic N) is 2. The predicted molar refractivity (Wildman–Crippen MR) is 82.5 cm³/mol. The highest BCUT2D eigenvalue weighted by Crippen LogP contribution is 2.13. The average Bonchev–Trinajstić information content (AvgIpc) is 2.90. The molecule has 6 heteroatoms. The number of hydrogen-bond donors (Lipinski definition) is 2. The fourth-order valence-electron chi connectivity index (χ4n) is 1.96. The van der Waals surface area contributed by atoms with Gasteiger partial charge in [-0.05, 0) is 42.5 Å². The van der Waals surface area contributed by atoms with E-state index in [-0.39, 0.29) is 6.03 Å². The van der Waals surface area contributed by atoms with Crippen LogP contribution in [0.4, 0.5) is 10.5 Å². The second kappa shape index (κ2) is 5.85. The number of amides is 2. The molecule has 106 valence electrons. The van der Waals surface area contributed by atoms with E-state index in [0.717, 1.165) is 11.2 Å². The molecule has 5 nitrogen and oxygen atoms in total. The molecule has 0 aliphatic carbocycles. The van der Waals surface area contributed by atoms with E-state index in [1.807, 2.05) is 30.5 Å². The Balaban J connectivity index is 1.59. The fraction of sp³-hybridized carbons (Fsp3) is 0.0667. The van der Waals surface area contributed by atoms with Gasteiger partial charge in [-0.15, -0.1) is 0 Å². The molecule has 21 heavy (non-hydrogen) atoms. The van der Waals surface area contributed by atoms with Crippen LogP contribution >= 0.6 is 11.6 Å². The first-order valence-electron chi connectivity index (χ1n) is 6.44. The van der Waals surface area contributed by atoms with Crippen molar-refractivity contribution in [2.24, 2.45) is 0 Å². The molecule has 0 unspecified atom stereocenters. The molecule has 3 rings (SSSR count). The number of carbonyl (C=O) groups is 1. The second-order valence-corrected chi connectivity index (χ2v) is 4.96. The number of carbonyl (C=O) groups excluding carboxylic acids is 1. The van der Waals surface area contributed by atoms with Crippen molar-refractivity contribution in [1.29, 1.82) is 0 Å². The molecule has 0 bridgehead atoms. The average molecular weight is 301 g/mol. The molecule has 2 amide bonds. The summed E-state index contributed by atoms with van der Waals surface area (Å²) in [5.41, 5.74) is 2.48. The number of aromatic nitrogens is 2. The maximum absolute atomic E-state index is 11.8. The van der Waals surface area contributed by atoms with Crippen molar-refractivity contribution >= 4 is 28.8 Å². The van der Waals surface area contributed by atoms with Crippen LogP contribution in [0.2, 0.25) is 5.02 Å². The Morgan fingerprint density at radius 1 is 1.19 bits per heavy atom.